The lowest BCUT2D eigenvalue weighted by atomic mass is 10.1. The van der Waals surface area contributed by atoms with E-state index in [0.29, 0.717) is 12.2 Å². The van der Waals surface area contributed by atoms with Crippen LogP contribution in [0.15, 0.2) is 85.2 Å². The molecule has 5 nitrogen and oxygen atoms in total. The summed E-state index contributed by atoms with van der Waals surface area (Å²) < 4.78 is 20.9. The summed E-state index contributed by atoms with van der Waals surface area (Å²) in [7, 11) is 0. The van der Waals surface area contributed by atoms with E-state index in [-0.39, 0.29) is 30.2 Å². The molecule has 0 bridgehead atoms. The molecule has 0 radical (unpaired) electrons. The fraction of sp³-hybridized carbons (Fsp3) is 0.160. The minimum absolute atomic E-state index is 0.0151. The van der Waals surface area contributed by atoms with Gasteiger partial charge >= 0.3 is 0 Å². The van der Waals surface area contributed by atoms with Gasteiger partial charge in [-0.05, 0) is 59.9 Å². The van der Waals surface area contributed by atoms with Crippen molar-refractivity contribution in [3.63, 3.8) is 0 Å². The molecule has 2 heterocycles. The maximum atomic E-state index is 13.5. The van der Waals surface area contributed by atoms with Crippen molar-refractivity contribution < 1.29 is 19.3 Å². The molecule has 0 aliphatic rings. The molecular formula is C25H23FN2O3. The summed E-state index contributed by atoms with van der Waals surface area (Å²) >= 11 is 0. The number of nitrogens with zero attached hydrogens (tertiary/aromatic N) is 2. The van der Waals surface area contributed by atoms with Crippen LogP contribution in [0.1, 0.15) is 18.0 Å². The van der Waals surface area contributed by atoms with Gasteiger partial charge < -0.3 is 14.9 Å². The third-order valence-corrected chi connectivity index (χ3v) is 5.18. The van der Waals surface area contributed by atoms with E-state index in [4.69, 9.17) is 4.74 Å². The number of halogens is 1. The number of hydrogen-bond acceptors (Lipinski definition) is 4. The summed E-state index contributed by atoms with van der Waals surface area (Å²) in [6.45, 7) is 0.259. The van der Waals surface area contributed by atoms with Gasteiger partial charge in [-0.2, -0.15) is 0 Å². The summed E-state index contributed by atoms with van der Waals surface area (Å²) in [4.78, 5) is 4.13. The maximum Gasteiger partial charge on any atom is 0.194 e. The first-order valence-electron chi connectivity index (χ1n) is 10.1. The van der Waals surface area contributed by atoms with Crippen molar-refractivity contribution in [2.75, 3.05) is 6.61 Å². The predicted molar refractivity (Wildman–Crippen MR) is 117 cm³/mol. The highest BCUT2D eigenvalue weighted by molar-refractivity contribution is 5.64. The predicted octanol–water partition coefficient (Wildman–Crippen LogP) is 5.35. The van der Waals surface area contributed by atoms with Crippen molar-refractivity contribution in [3.05, 3.63) is 96.6 Å². The van der Waals surface area contributed by atoms with Crippen molar-refractivity contribution in [1.82, 2.24) is 9.55 Å². The van der Waals surface area contributed by atoms with Gasteiger partial charge in [0, 0.05) is 24.5 Å². The van der Waals surface area contributed by atoms with Crippen molar-refractivity contribution in [2.24, 2.45) is 0 Å². The van der Waals surface area contributed by atoms with E-state index in [1.165, 1.54) is 28.8 Å². The van der Waals surface area contributed by atoms with Crippen LogP contribution in [-0.2, 0) is 6.42 Å². The Labute approximate surface area is 180 Å². The Bertz CT molecular complexity index is 1110. The highest BCUT2D eigenvalue weighted by Crippen LogP contribution is 2.30. The fourth-order valence-corrected chi connectivity index (χ4v) is 3.57. The molecule has 0 spiro atoms. The molecule has 0 aliphatic heterocycles. The van der Waals surface area contributed by atoms with Crippen LogP contribution in [0.25, 0.3) is 11.1 Å². The smallest absolute Gasteiger partial charge is 0.194 e. The van der Waals surface area contributed by atoms with Crippen LogP contribution in [0.5, 0.6) is 17.5 Å². The average molecular weight is 418 g/mol. The molecule has 1 unspecified atom stereocenters. The molecule has 2 aromatic heterocycles. The van der Waals surface area contributed by atoms with E-state index in [9.17, 15) is 14.6 Å². The molecule has 0 fully saturated rings. The Hall–Kier alpha value is -3.80. The van der Waals surface area contributed by atoms with Gasteiger partial charge in [-0.3, -0.25) is 9.55 Å². The Morgan fingerprint density at radius 2 is 1.68 bits per heavy atom. The summed E-state index contributed by atoms with van der Waals surface area (Å²) in [5.74, 6) is 0.343. The van der Waals surface area contributed by atoms with Gasteiger partial charge in [-0.25, -0.2) is 4.39 Å². The van der Waals surface area contributed by atoms with Gasteiger partial charge in [0.1, 0.15) is 18.2 Å². The number of rotatable bonds is 8. The number of aromatic nitrogens is 2. The van der Waals surface area contributed by atoms with Crippen molar-refractivity contribution in [1.29, 1.82) is 0 Å². The van der Waals surface area contributed by atoms with Gasteiger partial charge in [0.05, 0.1) is 6.04 Å². The lowest BCUT2D eigenvalue weighted by molar-refractivity contribution is 0.217. The lowest BCUT2D eigenvalue weighted by Gasteiger charge is -2.21. The number of hydrogen-bond donors (Lipinski definition) is 2. The average Bonchev–Trinajstić information content (AvgIpc) is 3.13. The molecule has 2 N–H and O–H groups in total. The second-order valence-electron chi connectivity index (χ2n) is 7.32. The quantitative estimate of drug-likeness (QED) is 0.405. The molecule has 1 atom stereocenters. The van der Waals surface area contributed by atoms with Gasteiger partial charge in [-0.15, -0.1) is 0 Å². The van der Waals surface area contributed by atoms with E-state index in [0.717, 1.165) is 23.1 Å². The Morgan fingerprint density at radius 3 is 2.35 bits per heavy atom. The number of pyridine rings is 1. The molecule has 31 heavy (non-hydrogen) atoms. The van der Waals surface area contributed by atoms with E-state index < -0.39 is 0 Å². The molecule has 4 aromatic rings. The van der Waals surface area contributed by atoms with Crippen LogP contribution >= 0.6 is 0 Å². The standard InChI is InChI=1S/C25H23FN2O3/c26-21-5-1-4-20(15-21)19-7-10-23(11-8-19)31-17-22(28-24(29)12-13-25(28)30)9-6-18-3-2-14-27-16-18/h1-5,7-8,10-16,22,29-30H,6,9,17H2. The monoisotopic (exact) mass is 418 g/mol. The molecular weight excluding hydrogens is 395 g/mol. The minimum atomic E-state index is -0.280. The normalized spacial score (nSPS) is 11.9. The first-order chi connectivity index (χ1) is 15.1. The van der Waals surface area contributed by atoms with Gasteiger partial charge in [-0.1, -0.05) is 30.3 Å². The number of aryl methyl sites for hydroxylation is 1. The van der Waals surface area contributed by atoms with E-state index in [2.05, 4.69) is 4.98 Å². The SMILES string of the molecule is Oc1ccc(O)n1C(CCc1cccnc1)COc1ccc(-c2cccc(F)c2)cc1. The summed E-state index contributed by atoms with van der Waals surface area (Å²) in [5, 5.41) is 20.4. The molecule has 0 amide bonds. The van der Waals surface area contributed by atoms with Crippen LogP contribution in [0, 0.1) is 5.82 Å². The van der Waals surface area contributed by atoms with Crippen molar-refractivity contribution in [3.8, 4) is 28.6 Å². The summed E-state index contributed by atoms with van der Waals surface area (Å²) in [6, 6.07) is 20.3. The lowest BCUT2D eigenvalue weighted by Crippen LogP contribution is -2.18. The Balaban J connectivity index is 1.46. The zero-order valence-corrected chi connectivity index (χ0v) is 16.9. The number of ether oxygens (including phenoxy) is 1. The number of benzene rings is 2. The van der Waals surface area contributed by atoms with Gasteiger partial charge in [0.25, 0.3) is 0 Å². The van der Waals surface area contributed by atoms with E-state index in [1.54, 1.807) is 18.5 Å². The van der Waals surface area contributed by atoms with Crippen LogP contribution in [0.2, 0.25) is 0 Å². The van der Waals surface area contributed by atoms with E-state index >= 15 is 0 Å². The molecule has 2 aromatic carbocycles. The third-order valence-electron chi connectivity index (χ3n) is 5.18. The molecule has 0 saturated heterocycles. The maximum absolute atomic E-state index is 13.5. The zero-order valence-electron chi connectivity index (χ0n) is 16.9. The largest absolute Gasteiger partial charge is 0.494 e. The zero-order chi connectivity index (χ0) is 21.6. The van der Waals surface area contributed by atoms with Crippen LogP contribution in [0.3, 0.4) is 0 Å². The molecule has 158 valence electrons. The van der Waals surface area contributed by atoms with Crippen molar-refractivity contribution >= 4 is 0 Å². The van der Waals surface area contributed by atoms with Gasteiger partial charge in [0.2, 0.25) is 0 Å². The summed E-state index contributed by atoms with van der Waals surface area (Å²) in [5.41, 5.74) is 2.75. The van der Waals surface area contributed by atoms with Crippen LogP contribution < -0.4 is 4.74 Å². The second kappa shape index (κ2) is 9.34. The minimum Gasteiger partial charge on any atom is -0.494 e. The van der Waals surface area contributed by atoms with Gasteiger partial charge in [0.15, 0.2) is 11.8 Å². The molecule has 4 rings (SSSR count). The second-order valence-corrected chi connectivity index (χ2v) is 7.32. The number of aromatic hydroxyl groups is 2. The van der Waals surface area contributed by atoms with E-state index in [1.807, 2.05) is 42.5 Å². The third kappa shape index (κ3) is 5.04. The van der Waals surface area contributed by atoms with Crippen LogP contribution in [-0.4, -0.2) is 26.4 Å². The molecule has 0 saturated carbocycles. The first-order valence-corrected chi connectivity index (χ1v) is 10.1. The van der Waals surface area contributed by atoms with Crippen LogP contribution in [0.4, 0.5) is 4.39 Å². The van der Waals surface area contributed by atoms with Crippen molar-refractivity contribution in [2.45, 2.75) is 18.9 Å². The Morgan fingerprint density at radius 1 is 0.903 bits per heavy atom. The molecule has 0 aliphatic carbocycles. The first kappa shape index (κ1) is 20.5. The topological polar surface area (TPSA) is 67.5 Å². The molecule has 6 heteroatoms. The fourth-order valence-electron chi connectivity index (χ4n) is 3.57. The Kier molecular flexibility index (Phi) is 6.17. The highest BCUT2D eigenvalue weighted by Gasteiger charge is 2.19. The highest BCUT2D eigenvalue weighted by atomic mass is 19.1. The summed E-state index contributed by atoms with van der Waals surface area (Å²) in [6.07, 6.45) is 4.89.